The second-order valence-corrected chi connectivity index (χ2v) is 9.67. The quantitative estimate of drug-likeness (QED) is 0.860. The van der Waals surface area contributed by atoms with Gasteiger partial charge in [0.1, 0.15) is 5.78 Å². The molecule has 2 fully saturated rings. The number of hydrogen-bond donors (Lipinski definition) is 1. The summed E-state index contributed by atoms with van der Waals surface area (Å²) in [6.45, 7) is 4.09. The van der Waals surface area contributed by atoms with Gasteiger partial charge in [0.05, 0.1) is 11.2 Å². The van der Waals surface area contributed by atoms with Crippen LogP contribution < -0.4 is 4.72 Å². The second-order valence-electron chi connectivity index (χ2n) is 7.03. The fourth-order valence-electron chi connectivity index (χ4n) is 4.17. The van der Waals surface area contributed by atoms with Crippen molar-refractivity contribution >= 4 is 37.4 Å². The van der Waals surface area contributed by atoms with Crippen LogP contribution in [-0.2, 0) is 14.8 Å². The summed E-state index contributed by atoms with van der Waals surface area (Å²) in [6.07, 6.45) is 2.16. The van der Waals surface area contributed by atoms with E-state index in [0.717, 1.165) is 10.9 Å². The summed E-state index contributed by atoms with van der Waals surface area (Å²) in [5.41, 5.74) is -0.436. The minimum absolute atomic E-state index is 0.113. The van der Waals surface area contributed by atoms with Crippen LogP contribution in [0, 0.1) is 16.7 Å². The fraction of sp³-hybridized carbons (Fsp3) is 0.562. The Hall–Kier alpha value is -0.880. The molecule has 0 spiro atoms. The van der Waals surface area contributed by atoms with Crippen LogP contribution >= 0.6 is 15.9 Å². The fourth-order valence-corrected chi connectivity index (χ4v) is 6.32. The summed E-state index contributed by atoms with van der Waals surface area (Å²) < 4.78 is 28.7. The number of hydrogen-bond acceptors (Lipinski definition) is 3. The molecule has 0 saturated heterocycles. The van der Waals surface area contributed by atoms with Crippen LogP contribution in [0.3, 0.4) is 0 Å². The zero-order chi connectivity index (χ0) is 16.2. The molecule has 120 valence electrons. The van der Waals surface area contributed by atoms with Crippen molar-refractivity contribution in [1.29, 1.82) is 0 Å². The number of rotatable bonds is 4. The lowest BCUT2D eigenvalue weighted by molar-refractivity contribution is -0.128. The van der Waals surface area contributed by atoms with Crippen molar-refractivity contribution < 1.29 is 13.2 Å². The number of carbonyl (C=O) groups excluding carboxylic acids is 1. The van der Waals surface area contributed by atoms with E-state index in [1.807, 2.05) is 13.8 Å². The van der Waals surface area contributed by atoms with E-state index in [1.54, 1.807) is 24.3 Å². The lowest BCUT2D eigenvalue weighted by Crippen LogP contribution is -2.43. The summed E-state index contributed by atoms with van der Waals surface area (Å²) in [5.74, 6) is 0.330. The lowest BCUT2D eigenvalue weighted by atomic mass is 9.70. The number of nitrogens with one attached hydrogen (secondary N) is 1. The van der Waals surface area contributed by atoms with Gasteiger partial charge in [-0.1, -0.05) is 29.8 Å². The predicted molar refractivity (Wildman–Crippen MR) is 90.1 cm³/mol. The number of sulfonamides is 1. The van der Waals surface area contributed by atoms with Crippen molar-refractivity contribution in [3.05, 3.63) is 28.7 Å². The Labute approximate surface area is 139 Å². The van der Waals surface area contributed by atoms with E-state index >= 15 is 0 Å². The second kappa shape index (κ2) is 5.06. The van der Waals surface area contributed by atoms with Gasteiger partial charge < -0.3 is 0 Å². The molecule has 1 N–H and O–H groups in total. The van der Waals surface area contributed by atoms with E-state index in [4.69, 9.17) is 0 Å². The van der Waals surface area contributed by atoms with Gasteiger partial charge in [0.15, 0.2) is 0 Å². The monoisotopic (exact) mass is 385 g/mol. The first-order valence-corrected chi connectivity index (χ1v) is 9.90. The third-order valence-electron chi connectivity index (χ3n) is 5.69. The molecule has 0 heterocycles. The summed E-state index contributed by atoms with van der Waals surface area (Å²) in [6, 6.07) is 6.98. The number of carbonyl (C=O) groups is 1. The Kier molecular flexibility index (Phi) is 3.68. The molecule has 0 amide bonds. The van der Waals surface area contributed by atoms with Crippen molar-refractivity contribution in [1.82, 2.24) is 0 Å². The zero-order valence-electron chi connectivity index (χ0n) is 12.7. The Bertz CT molecular complexity index is 711. The first kappa shape index (κ1) is 16.0. The molecule has 6 heteroatoms. The molecule has 0 aromatic heterocycles. The van der Waals surface area contributed by atoms with E-state index in [-0.39, 0.29) is 17.0 Å². The zero-order valence-corrected chi connectivity index (χ0v) is 15.1. The molecule has 3 rings (SSSR count). The highest BCUT2D eigenvalue weighted by Crippen LogP contribution is 2.64. The number of ketones is 1. The molecule has 2 bridgehead atoms. The maximum Gasteiger partial charge on any atom is 0.233 e. The number of fused-ring (bicyclic) bond motifs is 2. The van der Waals surface area contributed by atoms with Crippen LogP contribution in [0.15, 0.2) is 28.7 Å². The van der Waals surface area contributed by atoms with Crippen LogP contribution in [0.5, 0.6) is 0 Å². The average molecular weight is 386 g/mol. The van der Waals surface area contributed by atoms with Gasteiger partial charge in [0.25, 0.3) is 0 Å². The third kappa shape index (κ3) is 2.40. The van der Waals surface area contributed by atoms with E-state index in [1.165, 1.54) is 0 Å². The first-order chi connectivity index (χ1) is 10.2. The lowest BCUT2D eigenvalue weighted by Gasteiger charge is -2.36. The van der Waals surface area contributed by atoms with E-state index in [2.05, 4.69) is 20.7 Å². The molecular formula is C16H20BrNO3S. The van der Waals surface area contributed by atoms with E-state index in [9.17, 15) is 13.2 Å². The highest BCUT2D eigenvalue weighted by Gasteiger charge is 2.65. The third-order valence-corrected chi connectivity index (χ3v) is 7.64. The van der Waals surface area contributed by atoms with Crippen LogP contribution in [0.1, 0.15) is 33.1 Å². The summed E-state index contributed by atoms with van der Waals surface area (Å²) in [5, 5.41) is 0. The molecule has 2 aliphatic carbocycles. The molecule has 2 atom stereocenters. The van der Waals surface area contributed by atoms with Gasteiger partial charge in [-0.15, -0.1) is 0 Å². The van der Waals surface area contributed by atoms with E-state index in [0.29, 0.717) is 24.4 Å². The number of halogens is 1. The Morgan fingerprint density at radius 1 is 1.27 bits per heavy atom. The van der Waals surface area contributed by atoms with Gasteiger partial charge in [-0.2, -0.15) is 0 Å². The maximum atomic E-state index is 12.6. The Morgan fingerprint density at radius 2 is 1.91 bits per heavy atom. The van der Waals surface area contributed by atoms with E-state index < -0.39 is 15.4 Å². The Morgan fingerprint density at radius 3 is 2.41 bits per heavy atom. The van der Waals surface area contributed by atoms with Gasteiger partial charge in [-0.3, -0.25) is 9.52 Å². The topological polar surface area (TPSA) is 63.2 Å². The highest BCUT2D eigenvalue weighted by molar-refractivity contribution is 9.10. The Balaban J connectivity index is 1.85. The average Bonchev–Trinajstić information content (AvgIpc) is 2.74. The molecular weight excluding hydrogens is 366 g/mol. The molecule has 0 unspecified atom stereocenters. The highest BCUT2D eigenvalue weighted by atomic mass is 79.9. The van der Waals surface area contributed by atoms with Gasteiger partial charge in [0.2, 0.25) is 10.0 Å². The molecule has 0 aliphatic heterocycles. The summed E-state index contributed by atoms with van der Waals surface area (Å²) >= 11 is 3.32. The number of Topliss-reactive ketones (excluding diaryl/α,β-unsaturated/α-hetero) is 1. The molecule has 22 heavy (non-hydrogen) atoms. The van der Waals surface area contributed by atoms with Gasteiger partial charge in [-0.25, -0.2) is 8.42 Å². The summed E-state index contributed by atoms with van der Waals surface area (Å²) in [7, 11) is -3.56. The van der Waals surface area contributed by atoms with Crippen LogP contribution in [-0.4, -0.2) is 20.0 Å². The van der Waals surface area contributed by atoms with Crippen LogP contribution in [0.2, 0.25) is 0 Å². The maximum absolute atomic E-state index is 12.6. The summed E-state index contributed by atoms with van der Waals surface area (Å²) in [4.78, 5) is 12.4. The first-order valence-electron chi connectivity index (χ1n) is 7.46. The van der Waals surface area contributed by atoms with Gasteiger partial charge >= 0.3 is 0 Å². The minimum Gasteiger partial charge on any atom is -0.299 e. The van der Waals surface area contributed by atoms with Crippen molar-refractivity contribution in [2.45, 2.75) is 33.1 Å². The van der Waals surface area contributed by atoms with Crippen molar-refractivity contribution in [3.63, 3.8) is 0 Å². The molecule has 4 nitrogen and oxygen atoms in total. The van der Waals surface area contributed by atoms with Crippen molar-refractivity contribution in [2.24, 2.45) is 16.7 Å². The molecule has 2 aliphatic rings. The smallest absolute Gasteiger partial charge is 0.233 e. The van der Waals surface area contributed by atoms with Crippen LogP contribution in [0.25, 0.3) is 0 Å². The standard InChI is InChI=1S/C16H20BrNO3S/c1-15(2)11-7-8-16(15,14(19)9-11)10-22(20,21)18-13-5-3-12(17)4-6-13/h3-6,11,18H,7-10H2,1-2H3/t11-,16-/m0/s1. The molecule has 1 aromatic carbocycles. The predicted octanol–water partition coefficient (Wildman–Crippen LogP) is 3.59. The SMILES string of the molecule is CC1(C)[C@H]2CC[C@]1(CS(=O)(=O)Nc1ccc(Br)cc1)C(=O)C2. The molecule has 1 aromatic rings. The van der Waals surface area contributed by atoms with Crippen molar-refractivity contribution in [3.8, 4) is 0 Å². The van der Waals surface area contributed by atoms with Gasteiger partial charge in [0, 0.05) is 16.6 Å². The van der Waals surface area contributed by atoms with Gasteiger partial charge in [-0.05, 0) is 48.4 Å². The van der Waals surface area contributed by atoms with Crippen LogP contribution in [0.4, 0.5) is 5.69 Å². The largest absolute Gasteiger partial charge is 0.299 e. The molecule has 0 radical (unpaired) electrons. The number of anilines is 1. The number of benzene rings is 1. The van der Waals surface area contributed by atoms with Crippen molar-refractivity contribution in [2.75, 3.05) is 10.5 Å². The molecule has 2 saturated carbocycles. The normalized spacial score (nSPS) is 29.8. The minimum atomic E-state index is -3.56.